The number of nitrogens with one attached hydrogen (secondary N) is 1. The van der Waals surface area contributed by atoms with Crippen LogP contribution in [0.5, 0.6) is 0 Å². The SMILES string of the molecule is Cc1cc(C#N)nc(NCC(F)(F)C(F)F)n1. The van der Waals surface area contributed by atoms with Gasteiger partial charge in [-0.1, -0.05) is 0 Å². The molecule has 1 heterocycles. The van der Waals surface area contributed by atoms with Crippen LogP contribution in [0.4, 0.5) is 23.5 Å². The molecule has 0 fully saturated rings. The van der Waals surface area contributed by atoms with Crippen LogP contribution in [0.25, 0.3) is 0 Å². The highest BCUT2D eigenvalue weighted by atomic mass is 19.3. The second-order valence-corrected chi connectivity index (χ2v) is 3.25. The van der Waals surface area contributed by atoms with Gasteiger partial charge in [-0.3, -0.25) is 0 Å². The van der Waals surface area contributed by atoms with Gasteiger partial charge in [-0.05, 0) is 13.0 Å². The van der Waals surface area contributed by atoms with Crippen molar-refractivity contribution in [1.29, 1.82) is 5.26 Å². The summed E-state index contributed by atoms with van der Waals surface area (Å²) in [7, 11) is 0. The molecule has 17 heavy (non-hydrogen) atoms. The third-order valence-corrected chi connectivity index (χ3v) is 1.77. The minimum Gasteiger partial charge on any atom is -0.348 e. The van der Waals surface area contributed by atoms with E-state index in [-0.39, 0.29) is 11.6 Å². The lowest BCUT2D eigenvalue weighted by Gasteiger charge is -2.15. The number of rotatable bonds is 4. The van der Waals surface area contributed by atoms with Crippen LogP contribution in [-0.4, -0.2) is 28.9 Å². The van der Waals surface area contributed by atoms with Crippen LogP contribution < -0.4 is 5.32 Å². The molecule has 0 saturated heterocycles. The zero-order chi connectivity index (χ0) is 13.1. The molecule has 0 aliphatic carbocycles. The van der Waals surface area contributed by atoms with Gasteiger partial charge in [-0.2, -0.15) is 14.0 Å². The number of alkyl halides is 4. The van der Waals surface area contributed by atoms with Crippen molar-refractivity contribution in [2.24, 2.45) is 0 Å². The minimum absolute atomic E-state index is 0.0274. The fraction of sp³-hybridized carbons (Fsp3) is 0.444. The molecule has 0 spiro atoms. The second kappa shape index (κ2) is 4.95. The Kier molecular flexibility index (Phi) is 3.83. The van der Waals surface area contributed by atoms with E-state index in [9.17, 15) is 17.6 Å². The highest BCUT2D eigenvalue weighted by molar-refractivity contribution is 5.33. The third kappa shape index (κ3) is 3.55. The van der Waals surface area contributed by atoms with Crippen molar-refractivity contribution in [2.75, 3.05) is 11.9 Å². The van der Waals surface area contributed by atoms with Gasteiger partial charge in [0.15, 0.2) is 0 Å². The number of nitrogens with zero attached hydrogens (tertiary/aromatic N) is 3. The summed E-state index contributed by atoms with van der Waals surface area (Å²) < 4.78 is 48.9. The van der Waals surface area contributed by atoms with E-state index in [0.29, 0.717) is 5.69 Å². The molecule has 0 aromatic carbocycles. The lowest BCUT2D eigenvalue weighted by atomic mass is 10.3. The molecular weight excluding hydrogens is 240 g/mol. The van der Waals surface area contributed by atoms with E-state index < -0.39 is 18.9 Å². The maximum absolute atomic E-state index is 12.6. The van der Waals surface area contributed by atoms with Gasteiger partial charge in [0.1, 0.15) is 11.8 Å². The maximum Gasteiger partial charge on any atom is 0.324 e. The van der Waals surface area contributed by atoms with E-state index >= 15 is 0 Å². The molecular formula is C9H8F4N4. The number of aryl methyl sites for hydroxylation is 1. The van der Waals surface area contributed by atoms with Crippen molar-refractivity contribution in [1.82, 2.24) is 9.97 Å². The molecule has 0 radical (unpaired) electrons. The zero-order valence-corrected chi connectivity index (χ0v) is 8.72. The largest absolute Gasteiger partial charge is 0.348 e. The molecule has 4 nitrogen and oxygen atoms in total. The Balaban J connectivity index is 2.77. The maximum atomic E-state index is 12.6. The zero-order valence-electron chi connectivity index (χ0n) is 8.72. The number of halogens is 4. The molecule has 1 aromatic heterocycles. The van der Waals surface area contributed by atoms with Gasteiger partial charge in [0.2, 0.25) is 5.95 Å². The first-order chi connectivity index (χ1) is 7.85. The smallest absolute Gasteiger partial charge is 0.324 e. The molecule has 92 valence electrons. The summed E-state index contributed by atoms with van der Waals surface area (Å²) in [6.07, 6.45) is -3.77. The summed E-state index contributed by atoms with van der Waals surface area (Å²) in [6, 6.07) is 3.05. The van der Waals surface area contributed by atoms with Crippen LogP contribution in [0.3, 0.4) is 0 Å². The summed E-state index contributed by atoms with van der Waals surface area (Å²) in [5, 5.41) is 10.5. The summed E-state index contributed by atoms with van der Waals surface area (Å²) in [4.78, 5) is 7.25. The van der Waals surface area contributed by atoms with Crippen molar-refractivity contribution in [3.8, 4) is 6.07 Å². The third-order valence-electron chi connectivity index (χ3n) is 1.77. The van der Waals surface area contributed by atoms with E-state index in [2.05, 4.69) is 9.97 Å². The van der Waals surface area contributed by atoms with Crippen LogP contribution in [0.1, 0.15) is 11.4 Å². The van der Waals surface area contributed by atoms with Crippen molar-refractivity contribution in [2.45, 2.75) is 19.3 Å². The summed E-state index contributed by atoms with van der Waals surface area (Å²) in [5.74, 6) is -4.44. The molecule has 1 aromatic rings. The lowest BCUT2D eigenvalue weighted by molar-refractivity contribution is -0.117. The Bertz CT molecular complexity index is 441. The first kappa shape index (κ1) is 13.2. The highest BCUT2D eigenvalue weighted by Gasteiger charge is 2.40. The number of hydrogen-bond donors (Lipinski definition) is 1. The Hall–Kier alpha value is -1.91. The molecule has 0 amide bonds. The Morgan fingerprint density at radius 3 is 2.65 bits per heavy atom. The van der Waals surface area contributed by atoms with Gasteiger partial charge < -0.3 is 5.32 Å². The molecule has 0 unspecified atom stereocenters. The summed E-state index contributed by atoms with van der Waals surface area (Å²) in [5.41, 5.74) is 0.347. The lowest BCUT2D eigenvalue weighted by Crippen LogP contribution is -2.35. The normalized spacial score (nSPS) is 11.4. The van der Waals surface area contributed by atoms with E-state index in [1.165, 1.54) is 13.0 Å². The minimum atomic E-state index is -4.17. The molecule has 0 bridgehead atoms. The van der Waals surface area contributed by atoms with Crippen LogP contribution in [-0.2, 0) is 0 Å². The molecule has 0 saturated carbocycles. The fourth-order valence-corrected chi connectivity index (χ4v) is 0.979. The van der Waals surface area contributed by atoms with Gasteiger partial charge in [0, 0.05) is 5.69 Å². The number of hydrogen-bond acceptors (Lipinski definition) is 4. The molecule has 1 rings (SSSR count). The Labute approximate surface area is 94.3 Å². The molecule has 1 N–H and O–H groups in total. The average molecular weight is 248 g/mol. The first-order valence-corrected chi connectivity index (χ1v) is 4.51. The van der Waals surface area contributed by atoms with E-state index in [1.807, 2.05) is 5.32 Å². The first-order valence-electron chi connectivity index (χ1n) is 4.51. The second-order valence-electron chi connectivity index (χ2n) is 3.25. The van der Waals surface area contributed by atoms with E-state index in [4.69, 9.17) is 5.26 Å². The van der Waals surface area contributed by atoms with Gasteiger partial charge >= 0.3 is 12.3 Å². The van der Waals surface area contributed by atoms with Crippen LogP contribution in [0, 0.1) is 18.3 Å². The van der Waals surface area contributed by atoms with E-state index in [0.717, 1.165) is 0 Å². The predicted octanol–water partition coefficient (Wildman–Crippen LogP) is 1.97. The monoisotopic (exact) mass is 248 g/mol. The van der Waals surface area contributed by atoms with Crippen molar-refractivity contribution in [3.05, 3.63) is 17.5 Å². The quantitative estimate of drug-likeness (QED) is 0.827. The van der Waals surface area contributed by atoms with Crippen molar-refractivity contribution in [3.63, 3.8) is 0 Å². The van der Waals surface area contributed by atoms with E-state index in [1.54, 1.807) is 6.07 Å². The van der Waals surface area contributed by atoms with Crippen LogP contribution >= 0.6 is 0 Å². The molecule has 0 atom stereocenters. The van der Waals surface area contributed by atoms with Gasteiger partial charge in [-0.25, -0.2) is 18.7 Å². The summed E-state index contributed by atoms with van der Waals surface area (Å²) in [6.45, 7) is 0.234. The predicted molar refractivity (Wildman–Crippen MR) is 50.9 cm³/mol. The van der Waals surface area contributed by atoms with Crippen molar-refractivity contribution >= 4 is 5.95 Å². The van der Waals surface area contributed by atoms with Crippen LogP contribution in [0.2, 0.25) is 0 Å². The Morgan fingerprint density at radius 1 is 1.47 bits per heavy atom. The van der Waals surface area contributed by atoms with Gasteiger partial charge in [0.25, 0.3) is 0 Å². The average Bonchev–Trinajstić information content (AvgIpc) is 2.25. The van der Waals surface area contributed by atoms with Gasteiger partial charge in [0.05, 0.1) is 6.54 Å². The highest BCUT2D eigenvalue weighted by Crippen LogP contribution is 2.22. The number of aromatic nitrogens is 2. The number of nitriles is 1. The fourth-order valence-electron chi connectivity index (χ4n) is 0.979. The summed E-state index contributed by atoms with van der Waals surface area (Å²) >= 11 is 0. The van der Waals surface area contributed by atoms with Crippen LogP contribution in [0.15, 0.2) is 6.07 Å². The molecule has 8 heteroatoms. The number of anilines is 1. The Morgan fingerprint density at radius 2 is 2.12 bits per heavy atom. The van der Waals surface area contributed by atoms with Crippen molar-refractivity contribution < 1.29 is 17.6 Å². The topological polar surface area (TPSA) is 61.6 Å². The molecule has 0 aliphatic rings. The molecule has 0 aliphatic heterocycles. The van der Waals surface area contributed by atoms with Gasteiger partial charge in [-0.15, -0.1) is 0 Å². The standard InChI is InChI=1S/C9H8F4N4/c1-5-2-6(3-14)17-8(16-5)15-4-9(12,13)7(10)11/h2,7H,4H2,1H3,(H,15,16,17).